The molecule has 200 valence electrons. The zero-order valence-corrected chi connectivity index (χ0v) is 23.5. The molecule has 3 aromatic rings. The maximum atomic E-state index is 12.1. The van der Waals surface area contributed by atoms with Crippen molar-refractivity contribution in [2.75, 3.05) is 31.3 Å². The molecule has 2 N–H and O–H groups in total. The predicted octanol–water partition coefficient (Wildman–Crippen LogP) is 3.76. The van der Waals surface area contributed by atoms with Gasteiger partial charge in [0.25, 0.3) is 0 Å². The van der Waals surface area contributed by atoms with Crippen LogP contribution in [0.2, 0.25) is 25.7 Å². The van der Waals surface area contributed by atoms with E-state index in [0.29, 0.717) is 43.3 Å². The Labute approximate surface area is 217 Å². The molecule has 0 spiro atoms. The van der Waals surface area contributed by atoms with E-state index in [9.17, 15) is 18.3 Å². The Morgan fingerprint density at radius 1 is 1.27 bits per heavy atom. The van der Waals surface area contributed by atoms with Crippen LogP contribution in [0.25, 0.3) is 22.3 Å². The number of anilines is 1. The molecule has 4 heterocycles. The van der Waals surface area contributed by atoms with Gasteiger partial charge >= 0.3 is 6.09 Å². The van der Waals surface area contributed by atoms with Crippen LogP contribution >= 0.6 is 0 Å². The number of amides is 1. The van der Waals surface area contributed by atoms with Crippen LogP contribution in [-0.4, -0.2) is 84.1 Å². The van der Waals surface area contributed by atoms with Crippen molar-refractivity contribution in [2.45, 2.75) is 56.5 Å². The predicted molar refractivity (Wildman–Crippen MR) is 144 cm³/mol. The number of carboxylic acid groups (broad SMARTS) is 1. The molecule has 4 rings (SSSR count). The van der Waals surface area contributed by atoms with Crippen LogP contribution < -0.4 is 5.32 Å². The molecule has 13 heteroatoms. The molecular weight excluding hydrogens is 512 g/mol. The lowest BCUT2D eigenvalue weighted by Crippen LogP contribution is -2.44. The average Bonchev–Trinajstić information content (AvgIpc) is 3.24. The third-order valence-electron chi connectivity index (χ3n) is 6.30. The topological polar surface area (TPSA) is 140 Å². The smallest absolute Gasteiger partial charge is 0.407 e. The molecule has 1 atom stereocenters. The van der Waals surface area contributed by atoms with Gasteiger partial charge in [-0.2, -0.15) is 0 Å². The maximum absolute atomic E-state index is 12.1. The maximum Gasteiger partial charge on any atom is 0.407 e. The lowest BCUT2D eigenvalue weighted by Gasteiger charge is -2.32. The van der Waals surface area contributed by atoms with Gasteiger partial charge in [0.1, 0.15) is 12.4 Å². The fourth-order valence-corrected chi connectivity index (χ4v) is 5.55. The summed E-state index contributed by atoms with van der Waals surface area (Å²) in [5.41, 5.74) is 2.46. The van der Waals surface area contributed by atoms with Crippen LogP contribution in [0.1, 0.15) is 12.8 Å². The Bertz CT molecular complexity index is 1390. The number of ether oxygens (including phenoxy) is 1. The van der Waals surface area contributed by atoms with Crippen molar-refractivity contribution in [1.29, 1.82) is 0 Å². The number of likely N-dealkylation sites (tertiary alicyclic amines) is 1. The first-order chi connectivity index (χ1) is 17.4. The Morgan fingerprint density at radius 2 is 2.05 bits per heavy atom. The highest BCUT2D eigenvalue weighted by Crippen LogP contribution is 2.35. The summed E-state index contributed by atoms with van der Waals surface area (Å²) in [6, 6.07) is 4.52. The zero-order chi connectivity index (χ0) is 26.8. The summed E-state index contributed by atoms with van der Waals surface area (Å²) in [7, 11) is -4.81. The van der Waals surface area contributed by atoms with Crippen molar-refractivity contribution in [3.05, 3.63) is 30.7 Å². The molecule has 1 aliphatic heterocycles. The number of nitrogens with one attached hydrogen (secondary N) is 1. The highest BCUT2D eigenvalue weighted by molar-refractivity contribution is 7.90. The summed E-state index contributed by atoms with van der Waals surface area (Å²) in [4.78, 5) is 25.9. The van der Waals surface area contributed by atoms with Gasteiger partial charge in [0.2, 0.25) is 15.0 Å². The van der Waals surface area contributed by atoms with E-state index in [1.807, 2.05) is 16.8 Å². The molecule has 0 aliphatic carbocycles. The summed E-state index contributed by atoms with van der Waals surface area (Å²) in [6.45, 7) is 8.81. The third kappa shape index (κ3) is 6.65. The number of sulfone groups is 1. The van der Waals surface area contributed by atoms with E-state index in [1.54, 1.807) is 12.3 Å². The third-order valence-corrected chi connectivity index (χ3v) is 8.86. The molecular formula is C24H34N6O5SSi. The van der Waals surface area contributed by atoms with Crippen molar-refractivity contribution in [1.82, 2.24) is 24.4 Å². The van der Waals surface area contributed by atoms with E-state index in [-0.39, 0.29) is 11.2 Å². The van der Waals surface area contributed by atoms with E-state index < -0.39 is 24.0 Å². The highest BCUT2D eigenvalue weighted by atomic mass is 32.2. The second-order valence-corrected chi connectivity index (χ2v) is 18.2. The van der Waals surface area contributed by atoms with Gasteiger partial charge in [-0.15, -0.1) is 0 Å². The van der Waals surface area contributed by atoms with Crippen molar-refractivity contribution in [3.8, 4) is 11.3 Å². The Kier molecular flexibility index (Phi) is 7.85. The van der Waals surface area contributed by atoms with Crippen molar-refractivity contribution >= 4 is 40.7 Å². The lowest BCUT2D eigenvalue weighted by atomic mass is 10.0. The Morgan fingerprint density at radius 3 is 2.76 bits per heavy atom. The number of carbonyl (C=O) groups is 1. The number of piperidine rings is 1. The van der Waals surface area contributed by atoms with E-state index >= 15 is 0 Å². The number of hydrogen-bond donors (Lipinski definition) is 2. The molecule has 0 unspecified atom stereocenters. The number of rotatable bonds is 9. The lowest BCUT2D eigenvalue weighted by molar-refractivity contribution is 0.0899. The zero-order valence-electron chi connectivity index (χ0n) is 21.6. The van der Waals surface area contributed by atoms with Crippen LogP contribution in [-0.2, 0) is 21.3 Å². The Hall–Kier alpha value is -3.03. The first kappa shape index (κ1) is 27.0. The molecule has 1 saturated heterocycles. The number of pyridine rings is 1. The second-order valence-electron chi connectivity index (χ2n) is 10.6. The van der Waals surface area contributed by atoms with Crippen LogP contribution in [0.5, 0.6) is 0 Å². The summed E-state index contributed by atoms with van der Waals surface area (Å²) in [5, 5.41) is 13.6. The quantitative estimate of drug-likeness (QED) is 0.233. The van der Waals surface area contributed by atoms with Crippen LogP contribution in [0.15, 0.2) is 35.9 Å². The summed E-state index contributed by atoms with van der Waals surface area (Å²) in [5.74, 6) is 0. The van der Waals surface area contributed by atoms with Crippen molar-refractivity contribution in [2.24, 2.45) is 0 Å². The minimum absolute atomic E-state index is 0.123. The van der Waals surface area contributed by atoms with Gasteiger partial charge in [-0.25, -0.2) is 28.2 Å². The van der Waals surface area contributed by atoms with E-state index in [0.717, 1.165) is 36.2 Å². The standard InChI is InChI=1S/C24H34N6O5SSi/c1-36(33,34)23-25-9-7-20(28-23)19-14-26-22-18(8-11-30(22)16-35-12-13-37(2,3)4)21(19)27-17-6-5-10-29(15-17)24(31)32/h7-9,11,14,17H,5-6,10,12-13,15-16H2,1-4H3,(H,26,27)(H,31,32)/t17-/m1/s1. The molecule has 11 nitrogen and oxygen atoms in total. The van der Waals surface area contributed by atoms with Gasteiger partial charge in [0, 0.05) is 69.6 Å². The molecule has 0 bridgehead atoms. The summed E-state index contributed by atoms with van der Waals surface area (Å²) in [6.07, 6.45) is 6.65. The average molecular weight is 547 g/mol. The molecule has 0 aromatic carbocycles. The molecule has 1 amide bonds. The number of nitrogens with zero attached hydrogens (tertiary/aromatic N) is 5. The molecule has 1 aliphatic rings. The molecule has 1 fully saturated rings. The van der Waals surface area contributed by atoms with Crippen LogP contribution in [0, 0.1) is 0 Å². The number of hydrogen-bond acceptors (Lipinski definition) is 8. The Balaban J connectivity index is 1.71. The summed E-state index contributed by atoms with van der Waals surface area (Å²) >= 11 is 0. The fourth-order valence-electron chi connectivity index (χ4n) is 4.28. The normalized spacial score (nSPS) is 16.8. The van der Waals surface area contributed by atoms with E-state index in [4.69, 9.17) is 4.74 Å². The molecule has 3 aromatic heterocycles. The van der Waals surface area contributed by atoms with E-state index in [2.05, 4.69) is 39.9 Å². The highest BCUT2D eigenvalue weighted by Gasteiger charge is 2.26. The van der Waals surface area contributed by atoms with Gasteiger partial charge in [0.05, 0.1) is 11.4 Å². The first-order valence-corrected chi connectivity index (χ1v) is 17.9. The van der Waals surface area contributed by atoms with Gasteiger partial charge in [-0.1, -0.05) is 19.6 Å². The second kappa shape index (κ2) is 10.8. The number of fused-ring (bicyclic) bond motifs is 1. The fraction of sp³-hybridized carbons (Fsp3) is 0.500. The minimum Gasteiger partial charge on any atom is -0.465 e. The van der Waals surface area contributed by atoms with Gasteiger partial charge in [0.15, 0.2) is 0 Å². The monoisotopic (exact) mass is 546 g/mol. The first-order valence-electron chi connectivity index (χ1n) is 12.3. The van der Waals surface area contributed by atoms with Crippen molar-refractivity contribution in [3.63, 3.8) is 0 Å². The SMILES string of the molecule is C[Si](C)(C)CCOCn1ccc2c(N[C@@H]3CCCN(C(=O)O)C3)c(-c3ccnc(S(C)(=O)=O)n3)cnc21. The summed E-state index contributed by atoms with van der Waals surface area (Å²) < 4.78 is 32.0. The van der Waals surface area contributed by atoms with Crippen LogP contribution in [0.3, 0.4) is 0 Å². The van der Waals surface area contributed by atoms with Gasteiger partial charge in [-0.05, 0) is 31.0 Å². The minimum atomic E-state index is -3.60. The molecule has 0 radical (unpaired) electrons. The van der Waals surface area contributed by atoms with Crippen LogP contribution in [0.4, 0.5) is 10.5 Å². The van der Waals surface area contributed by atoms with Gasteiger partial charge in [-0.3, -0.25) is 0 Å². The largest absolute Gasteiger partial charge is 0.465 e. The van der Waals surface area contributed by atoms with Crippen molar-refractivity contribution < 1.29 is 23.1 Å². The van der Waals surface area contributed by atoms with E-state index in [1.165, 1.54) is 11.1 Å². The van der Waals surface area contributed by atoms with Gasteiger partial charge < -0.3 is 24.6 Å². The molecule has 37 heavy (non-hydrogen) atoms. The molecule has 0 saturated carbocycles. The number of aromatic nitrogens is 4.